The van der Waals surface area contributed by atoms with Gasteiger partial charge in [0.2, 0.25) is 0 Å². The highest BCUT2D eigenvalue weighted by Gasteiger charge is 2.09. The summed E-state index contributed by atoms with van der Waals surface area (Å²) in [5, 5.41) is 3.52. The van der Waals surface area contributed by atoms with Crippen LogP contribution < -0.4 is 10.1 Å². The first-order valence-electron chi connectivity index (χ1n) is 5.89. The molecule has 20 heavy (non-hydrogen) atoms. The van der Waals surface area contributed by atoms with Crippen molar-refractivity contribution >= 4 is 28.9 Å². The summed E-state index contributed by atoms with van der Waals surface area (Å²) in [6.07, 6.45) is 0. The summed E-state index contributed by atoms with van der Waals surface area (Å²) < 4.78 is 18.3. The topological polar surface area (TPSA) is 34.1 Å². The fourth-order valence-corrected chi connectivity index (χ4v) is 2.40. The van der Waals surface area contributed by atoms with Gasteiger partial charge < -0.3 is 10.1 Å². The molecule has 1 N–H and O–H groups in total. The minimum atomic E-state index is -0.471. The van der Waals surface area contributed by atoms with E-state index >= 15 is 0 Å². The van der Waals surface area contributed by atoms with Crippen LogP contribution in [-0.4, -0.2) is 12.1 Å². The first kappa shape index (κ1) is 14.9. The van der Waals surface area contributed by atoms with Crippen LogP contribution in [0.3, 0.4) is 0 Å². The molecule has 0 spiro atoms. The van der Waals surface area contributed by atoms with Crippen LogP contribution in [0.2, 0.25) is 10.0 Å². The zero-order valence-corrected chi connectivity index (χ0v) is 12.5. The second-order valence-corrected chi connectivity index (χ2v) is 5.05. The number of benzene rings is 1. The maximum Gasteiger partial charge on any atom is 0.126 e. The quantitative estimate of drug-likeness (QED) is 0.904. The number of aryl methyl sites for hydroxylation is 1. The van der Waals surface area contributed by atoms with Gasteiger partial charge in [-0.25, -0.2) is 4.39 Å². The molecular formula is C14H13Cl2FN2O. The Morgan fingerprint density at radius 3 is 2.45 bits per heavy atom. The Morgan fingerprint density at radius 2 is 1.85 bits per heavy atom. The number of halogens is 3. The molecule has 1 aromatic carbocycles. The van der Waals surface area contributed by atoms with Crippen LogP contribution in [0.25, 0.3) is 0 Å². The lowest BCUT2D eigenvalue weighted by molar-refractivity contribution is 0.413. The maximum absolute atomic E-state index is 13.1. The number of hydrogen-bond donors (Lipinski definition) is 1. The summed E-state index contributed by atoms with van der Waals surface area (Å²) >= 11 is 11.9. The van der Waals surface area contributed by atoms with Crippen molar-refractivity contribution in [2.45, 2.75) is 13.5 Å². The fraction of sp³-hybridized carbons (Fsp3) is 0.214. The third-order valence-corrected chi connectivity index (χ3v) is 3.27. The van der Waals surface area contributed by atoms with Crippen molar-refractivity contribution in [1.82, 2.24) is 4.98 Å². The molecule has 1 aromatic heterocycles. The van der Waals surface area contributed by atoms with Crippen molar-refractivity contribution in [3.63, 3.8) is 0 Å². The second kappa shape index (κ2) is 6.29. The highest BCUT2D eigenvalue weighted by atomic mass is 35.5. The van der Waals surface area contributed by atoms with Gasteiger partial charge in [-0.15, -0.1) is 0 Å². The van der Waals surface area contributed by atoms with E-state index in [0.717, 1.165) is 17.1 Å². The third-order valence-electron chi connectivity index (χ3n) is 2.67. The standard InChI is InChI=1S/C14H13Cl2FN2O/c1-8-3-11(20-2)6-10(19-8)7-18-14-12(15)4-9(17)5-13(14)16/h3-6,18H,7H2,1-2H3. The average Bonchev–Trinajstić information content (AvgIpc) is 2.36. The van der Waals surface area contributed by atoms with Crippen LogP contribution in [-0.2, 0) is 6.54 Å². The number of hydrogen-bond acceptors (Lipinski definition) is 3. The van der Waals surface area contributed by atoms with E-state index in [1.54, 1.807) is 7.11 Å². The summed E-state index contributed by atoms with van der Waals surface area (Å²) in [4.78, 5) is 4.37. The number of pyridine rings is 1. The molecule has 6 heteroatoms. The highest BCUT2D eigenvalue weighted by molar-refractivity contribution is 6.39. The number of ether oxygens (including phenoxy) is 1. The van der Waals surface area contributed by atoms with E-state index in [1.165, 1.54) is 12.1 Å². The first-order valence-corrected chi connectivity index (χ1v) is 6.65. The normalized spacial score (nSPS) is 10.4. The van der Waals surface area contributed by atoms with Crippen LogP contribution in [0.1, 0.15) is 11.4 Å². The molecule has 0 atom stereocenters. The van der Waals surface area contributed by atoms with E-state index in [2.05, 4.69) is 10.3 Å². The first-order chi connectivity index (χ1) is 9.49. The van der Waals surface area contributed by atoms with Crippen molar-refractivity contribution in [3.05, 3.63) is 51.5 Å². The number of rotatable bonds is 4. The van der Waals surface area contributed by atoms with Crippen LogP contribution in [0.15, 0.2) is 24.3 Å². The molecule has 0 fully saturated rings. The van der Waals surface area contributed by atoms with E-state index in [9.17, 15) is 4.39 Å². The molecule has 1 heterocycles. The zero-order valence-electron chi connectivity index (χ0n) is 11.0. The van der Waals surface area contributed by atoms with Crippen molar-refractivity contribution in [3.8, 4) is 5.75 Å². The zero-order chi connectivity index (χ0) is 14.7. The van der Waals surface area contributed by atoms with E-state index in [1.807, 2.05) is 19.1 Å². The Hall–Kier alpha value is -1.52. The molecule has 0 saturated carbocycles. The fourth-order valence-electron chi connectivity index (χ4n) is 1.80. The minimum Gasteiger partial charge on any atom is -0.497 e. The van der Waals surface area contributed by atoms with Gasteiger partial charge in [0.1, 0.15) is 11.6 Å². The summed E-state index contributed by atoms with van der Waals surface area (Å²) in [7, 11) is 1.60. The predicted molar refractivity (Wildman–Crippen MR) is 79.3 cm³/mol. The maximum atomic E-state index is 13.1. The van der Waals surface area contributed by atoms with Crippen molar-refractivity contribution in [2.75, 3.05) is 12.4 Å². The van der Waals surface area contributed by atoms with E-state index in [0.29, 0.717) is 12.2 Å². The van der Waals surface area contributed by atoms with Gasteiger partial charge in [-0.05, 0) is 19.1 Å². The summed E-state index contributed by atoms with van der Waals surface area (Å²) in [6.45, 7) is 2.28. The molecular weight excluding hydrogens is 302 g/mol. The van der Waals surface area contributed by atoms with Crippen LogP contribution in [0.5, 0.6) is 5.75 Å². The van der Waals surface area contributed by atoms with Gasteiger partial charge in [0, 0.05) is 17.8 Å². The van der Waals surface area contributed by atoms with Gasteiger partial charge in [0.15, 0.2) is 0 Å². The average molecular weight is 315 g/mol. The van der Waals surface area contributed by atoms with Crippen LogP contribution >= 0.6 is 23.2 Å². The Labute approximate surface area is 126 Å². The number of methoxy groups -OCH3 is 1. The van der Waals surface area contributed by atoms with E-state index in [-0.39, 0.29) is 10.0 Å². The molecule has 0 unspecified atom stereocenters. The van der Waals surface area contributed by atoms with Crippen LogP contribution in [0, 0.1) is 12.7 Å². The van der Waals surface area contributed by atoms with Gasteiger partial charge in [0.05, 0.1) is 35.1 Å². The molecule has 2 rings (SSSR count). The molecule has 0 saturated heterocycles. The Balaban J connectivity index is 2.19. The smallest absolute Gasteiger partial charge is 0.126 e. The highest BCUT2D eigenvalue weighted by Crippen LogP contribution is 2.31. The molecule has 2 aromatic rings. The lowest BCUT2D eigenvalue weighted by atomic mass is 10.2. The molecule has 0 bridgehead atoms. The molecule has 106 valence electrons. The molecule has 0 aliphatic heterocycles. The van der Waals surface area contributed by atoms with E-state index < -0.39 is 5.82 Å². The molecule has 0 aliphatic carbocycles. The Bertz CT molecular complexity index is 612. The number of anilines is 1. The second-order valence-electron chi connectivity index (χ2n) is 4.24. The molecule has 0 aliphatic rings. The molecule has 3 nitrogen and oxygen atoms in total. The molecule has 0 radical (unpaired) electrons. The Morgan fingerprint density at radius 1 is 1.20 bits per heavy atom. The predicted octanol–water partition coefficient (Wildman–Crippen LogP) is 4.46. The van der Waals surface area contributed by atoms with Crippen molar-refractivity contribution < 1.29 is 9.13 Å². The number of aromatic nitrogens is 1. The third kappa shape index (κ3) is 3.52. The van der Waals surface area contributed by atoms with Crippen LogP contribution in [0.4, 0.5) is 10.1 Å². The number of nitrogens with one attached hydrogen (secondary N) is 1. The SMILES string of the molecule is COc1cc(C)nc(CNc2c(Cl)cc(F)cc2Cl)c1. The largest absolute Gasteiger partial charge is 0.497 e. The lowest BCUT2D eigenvalue weighted by Crippen LogP contribution is -2.04. The summed E-state index contributed by atoms with van der Waals surface area (Å²) in [5.74, 6) is 0.256. The number of nitrogens with zero attached hydrogens (tertiary/aromatic N) is 1. The Kier molecular flexibility index (Phi) is 4.68. The van der Waals surface area contributed by atoms with Gasteiger partial charge in [-0.2, -0.15) is 0 Å². The van der Waals surface area contributed by atoms with Crippen molar-refractivity contribution in [2.24, 2.45) is 0 Å². The lowest BCUT2D eigenvalue weighted by Gasteiger charge is -2.11. The van der Waals surface area contributed by atoms with E-state index in [4.69, 9.17) is 27.9 Å². The monoisotopic (exact) mass is 314 g/mol. The van der Waals surface area contributed by atoms with Crippen molar-refractivity contribution in [1.29, 1.82) is 0 Å². The van der Waals surface area contributed by atoms with Gasteiger partial charge in [-0.1, -0.05) is 23.2 Å². The summed E-state index contributed by atoms with van der Waals surface area (Å²) in [6, 6.07) is 6.06. The van der Waals surface area contributed by atoms with Gasteiger partial charge in [-0.3, -0.25) is 4.98 Å². The minimum absolute atomic E-state index is 0.231. The van der Waals surface area contributed by atoms with Gasteiger partial charge in [0.25, 0.3) is 0 Å². The van der Waals surface area contributed by atoms with Gasteiger partial charge >= 0.3 is 0 Å². The molecule has 0 amide bonds. The summed E-state index contributed by atoms with van der Waals surface area (Å²) in [5.41, 5.74) is 2.10.